The third kappa shape index (κ3) is 1.26. The predicted molar refractivity (Wildman–Crippen MR) is 48.5 cm³/mol. The van der Waals surface area contributed by atoms with Crippen molar-refractivity contribution in [1.82, 2.24) is 0 Å². The summed E-state index contributed by atoms with van der Waals surface area (Å²) in [6.45, 7) is 0. The van der Waals surface area contributed by atoms with Crippen LogP contribution >= 0.6 is 0 Å². The van der Waals surface area contributed by atoms with Gasteiger partial charge in [-0.2, -0.15) is 0 Å². The Morgan fingerprint density at radius 2 is 2.29 bits per heavy atom. The van der Waals surface area contributed by atoms with Gasteiger partial charge in [-0.05, 0) is 5.56 Å². The fourth-order valence-electron chi connectivity index (χ4n) is 1.47. The van der Waals surface area contributed by atoms with Crippen LogP contribution in [0.15, 0.2) is 24.3 Å². The predicted octanol–water partition coefficient (Wildman–Crippen LogP) is 1.49. The molecule has 0 spiro atoms. The standard InChI is InChI=1S/C9H9FN2O2/c10-9(5-8(9)11)6-2-1-3-7(4-6)12(13)14/h1-4,8H,5,11H2/t8-,9+/m0/s1. The van der Waals surface area contributed by atoms with E-state index in [1.54, 1.807) is 0 Å². The molecule has 14 heavy (non-hydrogen) atoms. The lowest BCUT2D eigenvalue weighted by Gasteiger charge is -2.05. The van der Waals surface area contributed by atoms with Gasteiger partial charge < -0.3 is 5.73 Å². The van der Waals surface area contributed by atoms with Crippen LogP contribution in [0.4, 0.5) is 10.1 Å². The Morgan fingerprint density at radius 3 is 2.79 bits per heavy atom. The van der Waals surface area contributed by atoms with Crippen molar-refractivity contribution in [2.45, 2.75) is 18.1 Å². The van der Waals surface area contributed by atoms with E-state index >= 15 is 0 Å². The molecule has 0 bridgehead atoms. The van der Waals surface area contributed by atoms with E-state index in [1.807, 2.05) is 0 Å². The zero-order valence-corrected chi connectivity index (χ0v) is 7.31. The first-order valence-electron chi connectivity index (χ1n) is 4.23. The van der Waals surface area contributed by atoms with Crippen LogP contribution < -0.4 is 5.73 Å². The second kappa shape index (κ2) is 2.75. The Labute approximate surface area is 79.7 Å². The maximum absolute atomic E-state index is 13.7. The maximum atomic E-state index is 13.7. The van der Waals surface area contributed by atoms with Gasteiger partial charge in [-0.15, -0.1) is 0 Å². The molecule has 4 nitrogen and oxygen atoms in total. The normalized spacial score (nSPS) is 30.0. The summed E-state index contributed by atoms with van der Waals surface area (Å²) >= 11 is 0. The molecule has 0 unspecified atom stereocenters. The number of rotatable bonds is 2. The van der Waals surface area contributed by atoms with Crippen molar-refractivity contribution in [2.75, 3.05) is 0 Å². The highest BCUT2D eigenvalue weighted by Gasteiger charge is 2.54. The van der Waals surface area contributed by atoms with Crippen LogP contribution in [0.25, 0.3) is 0 Å². The molecule has 0 radical (unpaired) electrons. The lowest BCUT2D eigenvalue weighted by Crippen LogP contribution is -2.13. The Balaban J connectivity index is 2.37. The van der Waals surface area contributed by atoms with Crippen molar-refractivity contribution in [3.05, 3.63) is 39.9 Å². The summed E-state index contributed by atoms with van der Waals surface area (Å²) in [6.07, 6.45) is 0.244. The highest BCUT2D eigenvalue weighted by Crippen LogP contribution is 2.48. The number of nitrogens with two attached hydrogens (primary N) is 1. The molecule has 1 aliphatic rings. The van der Waals surface area contributed by atoms with Crippen LogP contribution in [0.5, 0.6) is 0 Å². The monoisotopic (exact) mass is 196 g/mol. The third-order valence-electron chi connectivity index (χ3n) is 2.48. The third-order valence-corrected chi connectivity index (χ3v) is 2.48. The zero-order chi connectivity index (χ0) is 10.3. The van der Waals surface area contributed by atoms with Gasteiger partial charge in [0.05, 0.1) is 4.92 Å². The van der Waals surface area contributed by atoms with E-state index in [1.165, 1.54) is 24.3 Å². The Morgan fingerprint density at radius 1 is 1.64 bits per heavy atom. The van der Waals surface area contributed by atoms with Crippen molar-refractivity contribution < 1.29 is 9.31 Å². The molecule has 0 aromatic heterocycles. The topological polar surface area (TPSA) is 69.2 Å². The van der Waals surface area contributed by atoms with Crippen molar-refractivity contribution in [1.29, 1.82) is 0 Å². The summed E-state index contributed by atoms with van der Waals surface area (Å²) in [5, 5.41) is 10.4. The first-order valence-corrected chi connectivity index (χ1v) is 4.23. The van der Waals surface area contributed by atoms with Gasteiger partial charge in [0.1, 0.15) is 0 Å². The highest BCUT2D eigenvalue weighted by atomic mass is 19.1. The highest BCUT2D eigenvalue weighted by molar-refractivity contribution is 5.41. The van der Waals surface area contributed by atoms with E-state index in [4.69, 9.17) is 5.73 Å². The van der Waals surface area contributed by atoms with E-state index in [0.717, 1.165) is 0 Å². The van der Waals surface area contributed by atoms with Crippen molar-refractivity contribution in [2.24, 2.45) is 5.73 Å². The van der Waals surface area contributed by atoms with E-state index in [-0.39, 0.29) is 12.1 Å². The molecule has 1 saturated carbocycles. The van der Waals surface area contributed by atoms with Crippen molar-refractivity contribution in [3.8, 4) is 0 Å². The van der Waals surface area contributed by atoms with Gasteiger partial charge in [-0.1, -0.05) is 12.1 Å². The fraction of sp³-hybridized carbons (Fsp3) is 0.333. The first kappa shape index (κ1) is 9.08. The van der Waals surface area contributed by atoms with Gasteiger partial charge in [0, 0.05) is 24.6 Å². The maximum Gasteiger partial charge on any atom is 0.269 e. The molecule has 2 N–H and O–H groups in total. The molecule has 2 rings (SSSR count). The average Bonchev–Trinajstić information content (AvgIpc) is 2.76. The number of halogens is 1. The van der Waals surface area contributed by atoms with Crippen LogP contribution in [0.2, 0.25) is 0 Å². The number of hydrogen-bond acceptors (Lipinski definition) is 3. The Bertz CT molecular complexity index is 396. The van der Waals surface area contributed by atoms with Gasteiger partial charge in [0.2, 0.25) is 0 Å². The molecular weight excluding hydrogens is 187 g/mol. The molecule has 0 aliphatic heterocycles. The van der Waals surface area contributed by atoms with Crippen molar-refractivity contribution >= 4 is 5.69 Å². The van der Waals surface area contributed by atoms with E-state index in [2.05, 4.69) is 0 Å². The lowest BCUT2D eigenvalue weighted by molar-refractivity contribution is -0.385. The molecule has 0 heterocycles. The van der Waals surface area contributed by atoms with Gasteiger partial charge in [0.25, 0.3) is 5.69 Å². The number of non-ortho nitro benzene ring substituents is 1. The van der Waals surface area contributed by atoms with Crippen molar-refractivity contribution in [3.63, 3.8) is 0 Å². The number of benzene rings is 1. The molecule has 0 amide bonds. The van der Waals surface area contributed by atoms with Gasteiger partial charge in [-0.3, -0.25) is 10.1 Å². The largest absolute Gasteiger partial charge is 0.325 e. The van der Waals surface area contributed by atoms with Gasteiger partial charge >= 0.3 is 0 Å². The van der Waals surface area contributed by atoms with Gasteiger partial charge in [0.15, 0.2) is 5.67 Å². The van der Waals surface area contributed by atoms with E-state index in [9.17, 15) is 14.5 Å². The molecule has 1 fully saturated rings. The van der Waals surface area contributed by atoms with Crippen LogP contribution in [0, 0.1) is 10.1 Å². The number of nitrogens with zero attached hydrogens (tertiary/aromatic N) is 1. The number of nitro groups is 1. The number of nitro benzene ring substituents is 1. The SMILES string of the molecule is N[C@H]1C[C@@]1(F)c1cccc([N+](=O)[O-])c1. The molecule has 5 heteroatoms. The van der Waals surface area contributed by atoms with Crippen LogP contribution in [0.3, 0.4) is 0 Å². The second-order valence-corrected chi connectivity index (χ2v) is 3.48. The Hall–Kier alpha value is -1.49. The van der Waals surface area contributed by atoms with E-state index in [0.29, 0.717) is 5.56 Å². The van der Waals surface area contributed by atoms with Crippen LogP contribution in [0.1, 0.15) is 12.0 Å². The summed E-state index contributed by atoms with van der Waals surface area (Å²) in [4.78, 5) is 9.89. The van der Waals surface area contributed by atoms with E-state index < -0.39 is 16.6 Å². The quantitative estimate of drug-likeness (QED) is 0.575. The van der Waals surface area contributed by atoms with Gasteiger partial charge in [-0.25, -0.2) is 4.39 Å². The summed E-state index contributed by atoms with van der Waals surface area (Å²) in [5.41, 5.74) is 4.07. The summed E-state index contributed by atoms with van der Waals surface area (Å²) in [6, 6.07) is 5.05. The van der Waals surface area contributed by atoms with Crippen LogP contribution in [-0.2, 0) is 5.67 Å². The molecule has 1 aliphatic carbocycles. The smallest absolute Gasteiger partial charge is 0.269 e. The number of alkyl halides is 1. The second-order valence-electron chi connectivity index (χ2n) is 3.48. The molecular formula is C9H9FN2O2. The first-order chi connectivity index (χ1) is 6.54. The minimum absolute atomic E-state index is 0.0985. The lowest BCUT2D eigenvalue weighted by atomic mass is 10.1. The van der Waals surface area contributed by atoms with Crippen LogP contribution in [-0.4, -0.2) is 11.0 Å². The molecule has 1 aromatic rings. The summed E-state index contributed by atoms with van der Waals surface area (Å²) < 4.78 is 13.7. The zero-order valence-electron chi connectivity index (χ0n) is 7.31. The number of hydrogen-bond donors (Lipinski definition) is 1. The average molecular weight is 196 g/mol. The Kier molecular flexibility index (Phi) is 1.78. The fourth-order valence-corrected chi connectivity index (χ4v) is 1.47. The summed E-state index contributed by atoms with van der Waals surface area (Å²) in [7, 11) is 0. The minimum Gasteiger partial charge on any atom is -0.325 e. The summed E-state index contributed by atoms with van der Waals surface area (Å²) in [5.74, 6) is 0. The molecule has 0 saturated heterocycles. The molecule has 2 atom stereocenters. The minimum atomic E-state index is -1.55. The molecule has 1 aromatic carbocycles. The molecule has 74 valence electrons.